The Balaban J connectivity index is 1.40. The van der Waals surface area contributed by atoms with Crippen LogP contribution in [0.25, 0.3) is 0 Å². The SMILES string of the molecule is Fc1ccc(CN2CCn3nc(CNc4cnccn4)cc3C2)c(F)c1. The highest BCUT2D eigenvalue weighted by molar-refractivity contribution is 5.31. The quantitative estimate of drug-likeness (QED) is 0.761. The summed E-state index contributed by atoms with van der Waals surface area (Å²) >= 11 is 0. The third-order valence-electron chi connectivity index (χ3n) is 4.35. The maximum absolute atomic E-state index is 13.9. The lowest BCUT2D eigenvalue weighted by Gasteiger charge is -2.27. The van der Waals surface area contributed by atoms with Gasteiger partial charge in [-0.15, -0.1) is 0 Å². The number of fused-ring (bicyclic) bond motifs is 1. The van der Waals surface area contributed by atoms with Crippen molar-refractivity contribution in [2.45, 2.75) is 26.2 Å². The normalized spacial score (nSPS) is 14.2. The highest BCUT2D eigenvalue weighted by Gasteiger charge is 2.19. The van der Waals surface area contributed by atoms with Crippen LogP contribution in [0.1, 0.15) is 17.0 Å². The van der Waals surface area contributed by atoms with Crippen molar-refractivity contribution in [3.05, 3.63) is 71.4 Å². The van der Waals surface area contributed by atoms with Crippen LogP contribution in [0.3, 0.4) is 0 Å². The molecular formula is C18H18F2N6. The van der Waals surface area contributed by atoms with Gasteiger partial charge in [0.15, 0.2) is 0 Å². The standard InChI is InChI=1S/C18H18F2N6/c19-14-2-1-13(17(20)7-14)11-25-5-6-26-16(12-25)8-15(24-26)9-23-18-10-21-3-4-22-18/h1-4,7-8,10H,5-6,9,11-12H2,(H,22,23). The molecule has 3 aromatic rings. The van der Waals surface area contributed by atoms with Crippen molar-refractivity contribution in [1.29, 1.82) is 0 Å². The average Bonchev–Trinajstić information content (AvgIpc) is 3.05. The van der Waals surface area contributed by atoms with Gasteiger partial charge in [0.2, 0.25) is 0 Å². The van der Waals surface area contributed by atoms with Crippen LogP contribution in [0.15, 0.2) is 42.9 Å². The Morgan fingerprint density at radius 2 is 2.04 bits per heavy atom. The maximum atomic E-state index is 13.9. The summed E-state index contributed by atoms with van der Waals surface area (Å²) in [5, 5.41) is 7.78. The van der Waals surface area contributed by atoms with E-state index in [4.69, 9.17) is 0 Å². The van der Waals surface area contributed by atoms with E-state index >= 15 is 0 Å². The molecule has 3 heterocycles. The van der Waals surface area contributed by atoms with Crippen LogP contribution < -0.4 is 5.32 Å². The lowest BCUT2D eigenvalue weighted by atomic mass is 10.1. The van der Waals surface area contributed by atoms with Crippen molar-refractivity contribution in [3.8, 4) is 0 Å². The molecule has 1 aromatic carbocycles. The topological polar surface area (TPSA) is 58.9 Å². The van der Waals surface area contributed by atoms with Gasteiger partial charge in [0.1, 0.15) is 17.5 Å². The van der Waals surface area contributed by atoms with E-state index in [0.717, 1.165) is 30.5 Å². The van der Waals surface area contributed by atoms with Gasteiger partial charge in [0.25, 0.3) is 0 Å². The lowest BCUT2D eigenvalue weighted by molar-refractivity contribution is 0.202. The molecule has 1 aliphatic heterocycles. The smallest absolute Gasteiger partial charge is 0.144 e. The second-order valence-corrected chi connectivity index (χ2v) is 6.24. The van der Waals surface area contributed by atoms with Gasteiger partial charge < -0.3 is 5.32 Å². The highest BCUT2D eigenvalue weighted by Crippen LogP contribution is 2.18. The molecule has 0 saturated carbocycles. The Labute approximate surface area is 149 Å². The van der Waals surface area contributed by atoms with E-state index in [1.807, 2.05) is 10.7 Å². The van der Waals surface area contributed by atoms with Gasteiger partial charge in [-0.2, -0.15) is 5.10 Å². The molecular weight excluding hydrogens is 338 g/mol. The van der Waals surface area contributed by atoms with Crippen molar-refractivity contribution in [2.75, 3.05) is 11.9 Å². The first-order chi connectivity index (χ1) is 12.7. The van der Waals surface area contributed by atoms with Crippen LogP contribution in [-0.4, -0.2) is 31.2 Å². The molecule has 1 N–H and O–H groups in total. The second kappa shape index (κ2) is 7.17. The van der Waals surface area contributed by atoms with Gasteiger partial charge in [-0.05, 0) is 12.1 Å². The van der Waals surface area contributed by atoms with Gasteiger partial charge in [-0.1, -0.05) is 6.07 Å². The first-order valence-corrected chi connectivity index (χ1v) is 8.39. The molecule has 0 fully saturated rings. The fourth-order valence-electron chi connectivity index (χ4n) is 3.06. The molecule has 0 saturated heterocycles. The van der Waals surface area contributed by atoms with E-state index in [0.29, 0.717) is 31.0 Å². The van der Waals surface area contributed by atoms with E-state index in [2.05, 4.69) is 25.3 Å². The molecule has 1 aliphatic rings. The molecule has 26 heavy (non-hydrogen) atoms. The van der Waals surface area contributed by atoms with Gasteiger partial charge in [0.05, 0.1) is 30.7 Å². The zero-order valence-electron chi connectivity index (χ0n) is 14.1. The molecule has 4 rings (SSSR count). The molecule has 0 amide bonds. The Morgan fingerprint density at radius 3 is 2.85 bits per heavy atom. The minimum atomic E-state index is -0.553. The maximum Gasteiger partial charge on any atom is 0.144 e. The fourth-order valence-corrected chi connectivity index (χ4v) is 3.06. The number of nitrogens with one attached hydrogen (secondary N) is 1. The molecule has 2 aromatic heterocycles. The summed E-state index contributed by atoms with van der Waals surface area (Å²) in [5.41, 5.74) is 2.50. The number of hydrogen-bond acceptors (Lipinski definition) is 5. The van der Waals surface area contributed by atoms with Crippen LogP contribution in [-0.2, 0) is 26.2 Å². The molecule has 0 unspecified atom stereocenters. The molecule has 0 atom stereocenters. The molecule has 0 bridgehead atoms. The van der Waals surface area contributed by atoms with E-state index in [-0.39, 0.29) is 0 Å². The minimum Gasteiger partial charge on any atom is -0.363 e. The largest absolute Gasteiger partial charge is 0.363 e. The van der Waals surface area contributed by atoms with Gasteiger partial charge >= 0.3 is 0 Å². The summed E-state index contributed by atoms with van der Waals surface area (Å²) in [4.78, 5) is 10.3. The summed E-state index contributed by atoms with van der Waals surface area (Å²) in [7, 11) is 0. The third kappa shape index (κ3) is 3.70. The minimum absolute atomic E-state index is 0.449. The number of rotatable bonds is 5. The molecule has 0 spiro atoms. The molecule has 134 valence electrons. The van der Waals surface area contributed by atoms with Crippen LogP contribution in [0.2, 0.25) is 0 Å². The molecule has 0 radical (unpaired) electrons. The average molecular weight is 356 g/mol. The Kier molecular flexibility index (Phi) is 4.57. The van der Waals surface area contributed by atoms with E-state index in [1.165, 1.54) is 12.1 Å². The summed E-state index contributed by atoms with van der Waals surface area (Å²) in [6.07, 6.45) is 4.92. The van der Waals surface area contributed by atoms with E-state index in [1.54, 1.807) is 18.6 Å². The van der Waals surface area contributed by atoms with Crippen molar-refractivity contribution in [3.63, 3.8) is 0 Å². The summed E-state index contributed by atoms with van der Waals surface area (Å²) < 4.78 is 28.9. The Hall–Kier alpha value is -2.87. The number of nitrogens with zero attached hydrogens (tertiary/aromatic N) is 5. The molecule has 0 aliphatic carbocycles. The first kappa shape index (κ1) is 16.6. The number of anilines is 1. The monoisotopic (exact) mass is 356 g/mol. The van der Waals surface area contributed by atoms with Crippen LogP contribution in [0.5, 0.6) is 0 Å². The number of hydrogen-bond donors (Lipinski definition) is 1. The van der Waals surface area contributed by atoms with Crippen molar-refractivity contribution in [2.24, 2.45) is 0 Å². The number of halogens is 2. The van der Waals surface area contributed by atoms with Crippen LogP contribution in [0.4, 0.5) is 14.6 Å². The summed E-state index contributed by atoms with van der Waals surface area (Å²) in [5.74, 6) is -0.354. The zero-order chi connectivity index (χ0) is 17.9. The number of aromatic nitrogens is 4. The predicted octanol–water partition coefficient (Wildman–Crippen LogP) is 2.58. The Morgan fingerprint density at radius 1 is 1.12 bits per heavy atom. The zero-order valence-corrected chi connectivity index (χ0v) is 14.1. The number of benzene rings is 1. The molecule has 8 heteroatoms. The third-order valence-corrected chi connectivity index (χ3v) is 4.35. The summed E-state index contributed by atoms with van der Waals surface area (Å²) in [6, 6.07) is 5.77. The lowest BCUT2D eigenvalue weighted by Crippen LogP contribution is -2.33. The van der Waals surface area contributed by atoms with Gasteiger partial charge in [0, 0.05) is 43.7 Å². The van der Waals surface area contributed by atoms with Crippen LogP contribution in [0, 0.1) is 11.6 Å². The van der Waals surface area contributed by atoms with Crippen molar-refractivity contribution < 1.29 is 8.78 Å². The van der Waals surface area contributed by atoms with Crippen LogP contribution >= 0.6 is 0 Å². The van der Waals surface area contributed by atoms with E-state index < -0.39 is 11.6 Å². The predicted molar refractivity (Wildman–Crippen MR) is 92.1 cm³/mol. The second-order valence-electron chi connectivity index (χ2n) is 6.24. The highest BCUT2D eigenvalue weighted by atomic mass is 19.1. The summed E-state index contributed by atoms with van der Waals surface area (Å²) in [6.45, 7) is 3.19. The van der Waals surface area contributed by atoms with Crippen molar-refractivity contribution in [1.82, 2.24) is 24.6 Å². The van der Waals surface area contributed by atoms with E-state index in [9.17, 15) is 8.78 Å². The van der Waals surface area contributed by atoms with Gasteiger partial charge in [-0.3, -0.25) is 14.6 Å². The fraction of sp³-hybridized carbons (Fsp3) is 0.278. The molecule has 6 nitrogen and oxygen atoms in total. The Bertz CT molecular complexity index is 896. The first-order valence-electron chi connectivity index (χ1n) is 8.39. The van der Waals surface area contributed by atoms with Crippen molar-refractivity contribution >= 4 is 5.82 Å². The van der Waals surface area contributed by atoms with Gasteiger partial charge in [-0.25, -0.2) is 13.8 Å².